The number of benzene rings is 2. The Bertz CT molecular complexity index is 864. The molecule has 0 unspecified atom stereocenters. The van der Waals surface area contributed by atoms with E-state index in [-0.39, 0.29) is 23.1 Å². The van der Waals surface area contributed by atoms with Crippen LogP contribution in [0.5, 0.6) is 5.75 Å². The number of hydrogen-bond acceptors (Lipinski definition) is 5. The Morgan fingerprint density at radius 2 is 1.96 bits per heavy atom. The molecule has 24 heavy (non-hydrogen) atoms. The van der Waals surface area contributed by atoms with Gasteiger partial charge in [0.2, 0.25) is 15.9 Å². The number of sulfonamides is 1. The van der Waals surface area contributed by atoms with Gasteiger partial charge in [-0.15, -0.1) is 11.8 Å². The number of carbonyl (C=O) groups excluding carboxylic acids is 1. The monoisotopic (exact) mass is 364 g/mol. The van der Waals surface area contributed by atoms with Gasteiger partial charge in [-0.2, -0.15) is 0 Å². The molecule has 3 rings (SSSR count). The second-order valence-corrected chi connectivity index (χ2v) is 7.95. The van der Waals surface area contributed by atoms with E-state index < -0.39 is 10.0 Å². The zero-order valence-electron chi connectivity index (χ0n) is 12.9. The minimum Gasteiger partial charge on any atom is -0.497 e. The van der Waals surface area contributed by atoms with Crippen LogP contribution in [0.25, 0.3) is 0 Å². The summed E-state index contributed by atoms with van der Waals surface area (Å²) in [5.74, 6) is 0.923. The van der Waals surface area contributed by atoms with Crippen LogP contribution in [-0.2, 0) is 21.4 Å². The maximum Gasteiger partial charge on any atom is 0.240 e. The van der Waals surface area contributed by atoms with E-state index in [9.17, 15) is 13.2 Å². The molecule has 0 aliphatic carbocycles. The van der Waals surface area contributed by atoms with Crippen LogP contribution in [-0.4, -0.2) is 27.2 Å². The van der Waals surface area contributed by atoms with Crippen molar-refractivity contribution in [2.45, 2.75) is 16.3 Å². The summed E-state index contributed by atoms with van der Waals surface area (Å²) >= 11 is 1.33. The lowest BCUT2D eigenvalue weighted by atomic mass is 10.2. The van der Waals surface area contributed by atoms with E-state index in [1.807, 2.05) is 0 Å². The number of amides is 1. The number of rotatable bonds is 5. The summed E-state index contributed by atoms with van der Waals surface area (Å²) in [7, 11) is -2.05. The average molecular weight is 364 g/mol. The number of methoxy groups -OCH3 is 1. The third kappa shape index (κ3) is 3.72. The highest BCUT2D eigenvalue weighted by Gasteiger charge is 2.20. The minimum atomic E-state index is -3.63. The zero-order valence-corrected chi connectivity index (χ0v) is 14.5. The molecule has 0 saturated heterocycles. The fourth-order valence-electron chi connectivity index (χ4n) is 2.23. The van der Waals surface area contributed by atoms with Crippen molar-refractivity contribution < 1.29 is 17.9 Å². The maximum absolute atomic E-state index is 12.4. The van der Waals surface area contributed by atoms with Crippen molar-refractivity contribution in [3.63, 3.8) is 0 Å². The molecule has 2 aromatic rings. The first-order valence-electron chi connectivity index (χ1n) is 7.17. The first-order chi connectivity index (χ1) is 11.5. The number of hydrogen-bond donors (Lipinski definition) is 2. The molecule has 0 saturated carbocycles. The maximum atomic E-state index is 12.4. The van der Waals surface area contributed by atoms with Crippen LogP contribution < -0.4 is 14.8 Å². The molecule has 8 heteroatoms. The second kappa shape index (κ2) is 6.84. The Labute approximate surface area is 144 Å². The largest absolute Gasteiger partial charge is 0.497 e. The van der Waals surface area contributed by atoms with Gasteiger partial charge in [-0.1, -0.05) is 12.1 Å². The SMILES string of the molecule is COc1ccc(CNS(=O)(=O)c2ccc3c(c2)SCC(=O)N3)cc1. The van der Waals surface area contributed by atoms with Gasteiger partial charge in [0.25, 0.3) is 0 Å². The van der Waals surface area contributed by atoms with E-state index in [0.717, 1.165) is 16.2 Å². The van der Waals surface area contributed by atoms with Gasteiger partial charge in [0.1, 0.15) is 5.75 Å². The number of fused-ring (bicyclic) bond motifs is 1. The fraction of sp³-hybridized carbons (Fsp3) is 0.188. The van der Waals surface area contributed by atoms with Gasteiger partial charge >= 0.3 is 0 Å². The summed E-state index contributed by atoms with van der Waals surface area (Å²) in [5, 5.41) is 2.72. The Morgan fingerprint density at radius 3 is 2.67 bits per heavy atom. The van der Waals surface area contributed by atoms with E-state index in [1.165, 1.54) is 17.8 Å². The third-order valence-corrected chi connectivity index (χ3v) is 5.98. The molecule has 1 aliphatic heterocycles. The Kier molecular flexibility index (Phi) is 4.79. The van der Waals surface area contributed by atoms with Crippen molar-refractivity contribution in [1.29, 1.82) is 0 Å². The van der Waals surface area contributed by atoms with Crippen LogP contribution >= 0.6 is 11.8 Å². The Balaban J connectivity index is 1.74. The van der Waals surface area contributed by atoms with E-state index in [2.05, 4.69) is 10.0 Å². The number of anilines is 1. The summed E-state index contributed by atoms with van der Waals surface area (Å²) in [6.07, 6.45) is 0. The van der Waals surface area contributed by atoms with Crippen LogP contribution in [0.3, 0.4) is 0 Å². The van der Waals surface area contributed by atoms with Gasteiger partial charge in [-0.05, 0) is 35.9 Å². The highest BCUT2D eigenvalue weighted by molar-refractivity contribution is 8.00. The molecule has 0 aromatic heterocycles. The molecule has 1 heterocycles. The van der Waals surface area contributed by atoms with Gasteiger partial charge in [-0.3, -0.25) is 4.79 Å². The lowest BCUT2D eigenvalue weighted by Gasteiger charge is -2.17. The van der Waals surface area contributed by atoms with Crippen molar-refractivity contribution in [3.05, 3.63) is 48.0 Å². The molecule has 2 N–H and O–H groups in total. The summed E-state index contributed by atoms with van der Waals surface area (Å²) in [6, 6.07) is 11.8. The van der Waals surface area contributed by atoms with Gasteiger partial charge in [0.05, 0.1) is 23.4 Å². The van der Waals surface area contributed by atoms with Crippen molar-refractivity contribution in [2.24, 2.45) is 0 Å². The lowest BCUT2D eigenvalue weighted by molar-refractivity contribution is -0.113. The molecule has 6 nitrogen and oxygen atoms in total. The molecule has 2 aromatic carbocycles. The summed E-state index contributed by atoms with van der Waals surface area (Å²) in [4.78, 5) is 12.3. The van der Waals surface area contributed by atoms with E-state index in [1.54, 1.807) is 43.5 Å². The predicted octanol–water partition coefficient (Wildman–Crippen LogP) is 2.22. The molecule has 126 valence electrons. The van der Waals surface area contributed by atoms with Crippen molar-refractivity contribution in [2.75, 3.05) is 18.2 Å². The molecule has 0 radical (unpaired) electrons. The van der Waals surface area contributed by atoms with Crippen LogP contribution in [0.4, 0.5) is 5.69 Å². The summed E-state index contributed by atoms with van der Waals surface area (Å²) in [6.45, 7) is 0.188. The van der Waals surface area contributed by atoms with Crippen molar-refractivity contribution in [1.82, 2.24) is 4.72 Å². The van der Waals surface area contributed by atoms with E-state index in [4.69, 9.17) is 4.74 Å². The first kappa shape index (κ1) is 16.8. The third-order valence-electron chi connectivity index (χ3n) is 3.52. The van der Waals surface area contributed by atoms with Gasteiger partial charge in [-0.25, -0.2) is 13.1 Å². The standard InChI is InChI=1S/C16H16N2O4S2/c1-22-12-4-2-11(3-5-12)9-17-24(20,21)13-6-7-14-15(8-13)23-10-16(19)18-14/h2-8,17H,9-10H2,1H3,(H,18,19). The summed E-state index contributed by atoms with van der Waals surface area (Å²) < 4.78 is 32.5. The van der Waals surface area contributed by atoms with Crippen molar-refractivity contribution in [3.8, 4) is 5.75 Å². The highest BCUT2D eigenvalue weighted by atomic mass is 32.2. The van der Waals surface area contributed by atoms with Crippen molar-refractivity contribution >= 4 is 33.4 Å². The Morgan fingerprint density at radius 1 is 1.21 bits per heavy atom. The van der Waals surface area contributed by atoms with E-state index in [0.29, 0.717) is 5.69 Å². The quantitative estimate of drug-likeness (QED) is 0.850. The fourth-order valence-corrected chi connectivity index (χ4v) is 4.19. The van der Waals surface area contributed by atoms with E-state index >= 15 is 0 Å². The smallest absolute Gasteiger partial charge is 0.240 e. The number of ether oxygens (including phenoxy) is 1. The second-order valence-electron chi connectivity index (χ2n) is 5.17. The van der Waals surface area contributed by atoms with Gasteiger partial charge in [0, 0.05) is 11.4 Å². The molecular weight excluding hydrogens is 348 g/mol. The normalized spacial score (nSPS) is 14.0. The predicted molar refractivity (Wildman–Crippen MR) is 92.8 cm³/mol. The molecule has 0 bridgehead atoms. The van der Waals surface area contributed by atoms with Crippen LogP contribution in [0.1, 0.15) is 5.56 Å². The van der Waals surface area contributed by atoms with Gasteiger partial charge < -0.3 is 10.1 Å². The van der Waals surface area contributed by atoms with Gasteiger partial charge in [0.15, 0.2) is 0 Å². The summed E-state index contributed by atoms with van der Waals surface area (Å²) in [5.41, 5.74) is 1.48. The zero-order chi connectivity index (χ0) is 17.2. The minimum absolute atomic E-state index is 0.0827. The topological polar surface area (TPSA) is 84.5 Å². The van der Waals surface area contributed by atoms with Crippen LogP contribution in [0.2, 0.25) is 0 Å². The number of nitrogens with one attached hydrogen (secondary N) is 2. The molecule has 1 aliphatic rings. The molecule has 1 amide bonds. The molecule has 0 spiro atoms. The van der Waals surface area contributed by atoms with Crippen LogP contribution in [0.15, 0.2) is 52.3 Å². The first-order valence-corrected chi connectivity index (χ1v) is 9.64. The molecule has 0 fully saturated rings. The Hall–Kier alpha value is -2.03. The average Bonchev–Trinajstić information content (AvgIpc) is 2.60. The molecule has 0 atom stereocenters. The number of thioether (sulfide) groups is 1. The van der Waals surface area contributed by atoms with Crippen LogP contribution in [0, 0.1) is 0 Å². The molecular formula is C16H16N2O4S2. The highest BCUT2D eigenvalue weighted by Crippen LogP contribution is 2.33. The number of carbonyl (C=O) groups is 1. The lowest BCUT2D eigenvalue weighted by Crippen LogP contribution is -2.24.